The zero-order chi connectivity index (χ0) is 28.1. The Bertz CT molecular complexity index is 556. The molecule has 0 aliphatic rings. The monoisotopic (exact) mass is 537 g/mol. The number of hydrogen-bond donors (Lipinski definition) is 10. The molecule has 0 fully saturated rings. The van der Waals surface area contributed by atoms with Crippen LogP contribution in [0.4, 0.5) is 0 Å². The first-order valence-corrected chi connectivity index (χ1v) is 15.3. The largest absolute Gasteiger partial charge is 0.356 e. The van der Waals surface area contributed by atoms with Crippen molar-refractivity contribution in [3.05, 3.63) is 0 Å². The molecule has 0 amide bonds. The van der Waals surface area contributed by atoms with Crippen LogP contribution in [0.25, 0.3) is 0 Å². The van der Waals surface area contributed by atoms with Gasteiger partial charge >= 0.3 is 0 Å². The van der Waals surface area contributed by atoms with Gasteiger partial charge in [-0.15, -0.1) is 0 Å². The summed E-state index contributed by atoms with van der Waals surface area (Å²) in [5.74, 6) is 0.672. The van der Waals surface area contributed by atoms with Crippen LogP contribution in [-0.2, 0) is 0 Å². The van der Waals surface area contributed by atoms with Crippen LogP contribution >= 0.6 is 0 Å². The third kappa shape index (κ3) is 26.5. The molecule has 0 radical (unpaired) electrons. The Morgan fingerprint density at radius 3 is 0.789 bits per heavy atom. The molecule has 10 N–H and O–H groups in total. The Hall–Kier alpha value is -2.52. The maximum atomic E-state index is 7.91. The molecule has 0 bridgehead atoms. The van der Waals surface area contributed by atoms with Crippen LogP contribution in [0.3, 0.4) is 0 Å². The zero-order valence-electron chi connectivity index (χ0n) is 24.6. The van der Waals surface area contributed by atoms with E-state index in [0.29, 0.717) is 13.1 Å². The minimum absolute atomic E-state index is 0.159. The van der Waals surface area contributed by atoms with Gasteiger partial charge in [-0.05, 0) is 25.7 Å². The van der Waals surface area contributed by atoms with E-state index >= 15 is 0 Å². The second-order valence-corrected chi connectivity index (χ2v) is 10.1. The van der Waals surface area contributed by atoms with E-state index < -0.39 is 0 Å². The normalized spacial score (nSPS) is 10.5. The highest BCUT2D eigenvalue weighted by Crippen LogP contribution is 2.07. The zero-order valence-corrected chi connectivity index (χ0v) is 24.6. The third-order valence-corrected chi connectivity index (χ3v) is 6.37. The SMILES string of the molecule is CCCCCCCCCNC(=N)NC(=N)NCCCCCCNC(=N)NC(=N)NCCCCCCCCC. The van der Waals surface area contributed by atoms with Gasteiger partial charge in [0, 0.05) is 26.2 Å². The molecule has 0 aromatic carbocycles. The molecule has 0 aromatic rings. The van der Waals surface area contributed by atoms with Crippen molar-refractivity contribution in [2.24, 2.45) is 0 Å². The highest BCUT2D eigenvalue weighted by molar-refractivity contribution is 5.96. The predicted molar refractivity (Wildman–Crippen MR) is 164 cm³/mol. The first-order chi connectivity index (χ1) is 18.5. The van der Waals surface area contributed by atoms with Gasteiger partial charge in [0.2, 0.25) is 0 Å². The van der Waals surface area contributed by atoms with Crippen LogP contribution < -0.4 is 31.9 Å². The van der Waals surface area contributed by atoms with Gasteiger partial charge in [-0.3, -0.25) is 32.3 Å². The van der Waals surface area contributed by atoms with Crippen LogP contribution in [0.1, 0.15) is 129 Å². The molecule has 0 rings (SSSR count). The van der Waals surface area contributed by atoms with E-state index in [1.165, 1.54) is 77.0 Å². The molecule has 38 heavy (non-hydrogen) atoms. The van der Waals surface area contributed by atoms with Crippen LogP contribution in [0.5, 0.6) is 0 Å². The topological polar surface area (TPSA) is 168 Å². The Kier molecular flexibility index (Phi) is 25.7. The molecule has 0 atom stereocenters. The molecular formula is C28H60N10. The Balaban J connectivity index is 3.48. The summed E-state index contributed by atoms with van der Waals surface area (Å²) >= 11 is 0. The van der Waals surface area contributed by atoms with Gasteiger partial charge in [0.05, 0.1) is 0 Å². The second kappa shape index (κ2) is 27.5. The van der Waals surface area contributed by atoms with Crippen molar-refractivity contribution in [1.29, 1.82) is 21.6 Å². The lowest BCUT2D eigenvalue weighted by molar-refractivity contribution is 0.584. The third-order valence-electron chi connectivity index (χ3n) is 6.37. The summed E-state index contributed by atoms with van der Waals surface area (Å²) in [6.07, 6.45) is 21.4. The van der Waals surface area contributed by atoms with Gasteiger partial charge < -0.3 is 21.3 Å². The smallest absolute Gasteiger partial charge is 0.195 e. The Morgan fingerprint density at radius 2 is 0.553 bits per heavy atom. The van der Waals surface area contributed by atoms with E-state index in [0.717, 1.165) is 51.6 Å². The summed E-state index contributed by atoms with van der Waals surface area (Å²) in [7, 11) is 0. The number of rotatable bonds is 23. The fraction of sp³-hybridized carbons (Fsp3) is 0.857. The van der Waals surface area contributed by atoms with E-state index in [4.69, 9.17) is 21.6 Å². The van der Waals surface area contributed by atoms with E-state index in [9.17, 15) is 0 Å². The van der Waals surface area contributed by atoms with Crippen LogP contribution in [0.2, 0.25) is 0 Å². The van der Waals surface area contributed by atoms with Gasteiger partial charge in [0.25, 0.3) is 0 Å². The van der Waals surface area contributed by atoms with Gasteiger partial charge in [-0.25, -0.2) is 0 Å². The van der Waals surface area contributed by atoms with Crippen molar-refractivity contribution in [3.8, 4) is 0 Å². The average Bonchev–Trinajstić information content (AvgIpc) is 2.88. The summed E-state index contributed by atoms with van der Waals surface area (Å²) in [4.78, 5) is 0. The Labute approximate surface area is 233 Å². The lowest BCUT2D eigenvalue weighted by Gasteiger charge is -2.13. The molecule has 10 heteroatoms. The summed E-state index contributed by atoms with van der Waals surface area (Å²) in [5, 5.41) is 49.2. The summed E-state index contributed by atoms with van der Waals surface area (Å²) in [6.45, 7) is 7.39. The number of nitrogens with one attached hydrogen (secondary N) is 10. The quantitative estimate of drug-likeness (QED) is 0.0481. The predicted octanol–water partition coefficient (Wildman–Crippen LogP) is 5.32. The standard InChI is InChI=1S/C28H60N10/c1-3-5-7-9-11-13-17-21-33-25(29)37-27(31)35-23-19-15-16-20-24-36-28(32)38-26(30)34-22-18-14-12-10-8-6-4-2/h3-24H2,1-2H3,(H5,29,31,33,35,37)(H5,30,32,34,36,38). The van der Waals surface area contributed by atoms with Gasteiger partial charge in [-0.2, -0.15) is 0 Å². The summed E-state index contributed by atoms with van der Waals surface area (Å²) in [6, 6.07) is 0. The van der Waals surface area contributed by atoms with Gasteiger partial charge in [0.1, 0.15) is 0 Å². The van der Waals surface area contributed by atoms with Crippen molar-refractivity contribution in [3.63, 3.8) is 0 Å². The summed E-state index contributed by atoms with van der Waals surface area (Å²) in [5.41, 5.74) is 0. The molecule has 222 valence electrons. The number of hydrogen-bond acceptors (Lipinski definition) is 4. The fourth-order valence-electron chi connectivity index (χ4n) is 4.05. The fourth-order valence-corrected chi connectivity index (χ4v) is 4.05. The highest BCUT2D eigenvalue weighted by Gasteiger charge is 2.02. The van der Waals surface area contributed by atoms with Gasteiger partial charge in [0.15, 0.2) is 23.8 Å². The molecule has 0 unspecified atom stereocenters. The van der Waals surface area contributed by atoms with E-state index in [-0.39, 0.29) is 23.8 Å². The number of guanidine groups is 4. The van der Waals surface area contributed by atoms with Crippen molar-refractivity contribution >= 4 is 23.8 Å². The van der Waals surface area contributed by atoms with Crippen molar-refractivity contribution < 1.29 is 0 Å². The molecule has 0 spiro atoms. The molecule has 0 aliphatic carbocycles. The highest BCUT2D eigenvalue weighted by atomic mass is 15.2. The van der Waals surface area contributed by atoms with Gasteiger partial charge in [-0.1, -0.05) is 104 Å². The van der Waals surface area contributed by atoms with E-state index in [2.05, 4.69) is 45.7 Å². The number of unbranched alkanes of at least 4 members (excludes halogenated alkanes) is 15. The first-order valence-electron chi connectivity index (χ1n) is 15.3. The van der Waals surface area contributed by atoms with Crippen LogP contribution in [0.15, 0.2) is 0 Å². The molecule has 0 heterocycles. The lowest BCUT2D eigenvalue weighted by Crippen LogP contribution is -2.46. The first kappa shape index (κ1) is 35.5. The van der Waals surface area contributed by atoms with Crippen molar-refractivity contribution in [2.75, 3.05) is 26.2 Å². The molecule has 10 nitrogen and oxygen atoms in total. The molecular weight excluding hydrogens is 476 g/mol. The molecule has 0 aromatic heterocycles. The molecule has 0 saturated heterocycles. The maximum absolute atomic E-state index is 7.91. The molecule has 0 aliphatic heterocycles. The Morgan fingerprint density at radius 1 is 0.342 bits per heavy atom. The van der Waals surface area contributed by atoms with Crippen molar-refractivity contribution in [2.45, 2.75) is 129 Å². The molecule has 0 saturated carbocycles. The van der Waals surface area contributed by atoms with Crippen molar-refractivity contribution in [1.82, 2.24) is 31.9 Å². The maximum Gasteiger partial charge on any atom is 0.195 e. The average molecular weight is 537 g/mol. The second-order valence-electron chi connectivity index (χ2n) is 10.1. The minimum atomic E-state index is 0.159. The van der Waals surface area contributed by atoms with Crippen LogP contribution in [-0.4, -0.2) is 50.0 Å². The van der Waals surface area contributed by atoms with E-state index in [1.54, 1.807) is 0 Å². The minimum Gasteiger partial charge on any atom is -0.356 e. The lowest BCUT2D eigenvalue weighted by atomic mass is 10.1. The summed E-state index contributed by atoms with van der Waals surface area (Å²) < 4.78 is 0. The van der Waals surface area contributed by atoms with E-state index in [1.807, 2.05) is 0 Å². The van der Waals surface area contributed by atoms with Crippen LogP contribution in [0, 0.1) is 21.6 Å².